The van der Waals surface area contributed by atoms with E-state index >= 15 is 0 Å². The van der Waals surface area contributed by atoms with E-state index in [1.54, 1.807) is 17.4 Å². The normalized spacial score (nSPS) is 12.8. The van der Waals surface area contributed by atoms with Gasteiger partial charge in [-0.05, 0) is 37.4 Å². The van der Waals surface area contributed by atoms with Crippen LogP contribution in [-0.4, -0.2) is 18.1 Å². The number of benzene rings is 1. The van der Waals surface area contributed by atoms with E-state index in [4.69, 9.17) is 0 Å². The van der Waals surface area contributed by atoms with E-state index in [0.717, 1.165) is 35.8 Å². The SMILES string of the molecule is Cc1nc(CC(CNCC(C)C)c2ccccc2F)cs1. The molecule has 0 aliphatic rings. The Bertz CT molecular complexity index is 565. The molecule has 1 N–H and O–H groups in total. The van der Waals surface area contributed by atoms with Gasteiger partial charge < -0.3 is 5.32 Å². The van der Waals surface area contributed by atoms with E-state index in [2.05, 4.69) is 29.5 Å². The molecular formula is C17H23FN2S. The fourth-order valence-electron chi connectivity index (χ4n) is 2.40. The number of rotatable bonds is 7. The van der Waals surface area contributed by atoms with Crippen LogP contribution >= 0.6 is 11.3 Å². The minimum absolute atomic E-state index is 0.117. The lowest BCUT2D eigenvalue weighted by Crippen LogP contribution is -2.27. The van der Waals surface area contributed by atoms with Crippen LogP contribution in [0.4, 0.5) is 4.39 Å². The van der Waals surface area contributed by atoms with Gasteiger partial charge in [0.25, 0.3) is 0 Å². The zero-order valence-electron chi connectivity index (χ0n) is 12.9. The summed E-state index contributed by atoms with van der Waals surface area (Å²) in [7, 11) is 0. The molecule has 0 fully saturated rings. The molecule has 1 aromatic carbocycles. The topological polar surface area (TPSA) is 24.9 Å². The maximum Gasteiger partial charge on any atom is 0.126 e. The largest absolute Gasteiger partial charge is 0.316 e. The van der Waals surface area contributed by atoms with Crippen molar-refractivity contribution in [1.82, 2.24) is 10.3 Å². The molecule has 0 saturated heterocycles. The van der Waals surface area contributed by atoms with Gasteiger partial charge in [0.15, 0.2) is 0 Å². The van der Waals surface area contributed by atoms with Gasteiger partial charge in [-0.1, -0.05) is 32.0 Å². The highest BCUT2D eigenvalue weighted by atomic mass is 32.1. The maximum absolute atomic E-state index is 14.1. The molecular weight excluding hydrogens is 283 g/mol. The van der Waals surface area contributed by atoms with E-state index in [1.807, 2.05) is 19.1 Å². The molecule has 114 valence electrons. The molecule has 0 spiro atoms. The van der Waals surface area contributed by atoms with Gasteiger partial charge in [0.05, 0.1) is 10.7 Å². The molecule has 2 aromatic rings. The molecule has 1 unspecified atom stereocenters. The van der Waals surface area contributed by atoms with Crippen LogP contribution in [0.3, 0.4) is 0 Å². The lowest BCUT2D eigenvalue weighted by Gasteiger charge is -2.19. The second kappa shape index (κ2) is 7.66. The van der Waals surface area contributed by atoms with Crippen LogP contribution in [0.1, 0.15) is 36.0 Å². The zero-order chi connectivity index (χ0) is 15.2. The summed E-state index contributed by atoms with van der Waals surface area (Å²) in [4.78, 5) is 4.52. The first kappa shape index (κ1) is 16.1. The molecule has 4 heteroatoms. The molecule has 21 heavy (non-hydrogen) atoms. The summed E-state index contributed by atoms with van der Waals surface area (Å²) in [5.74, 6) is 0.583. The summed E-state index contributed by atoms with van der Waals surface area (Å²) in [5.41, 5.74) is 1.83. The average Bonchev–Trinajstić information content (AvgIpc) is 2.83. The highest BCUT2D eigenvalue weighted by molar-refractivity contribution is 7.09. The molecule has 2 rings (SSSR count). The summed E-state index contributed by atoms with van der Waals surface area (Å²) in [6.45, 7) is 8.07. The van der Waals surface area contributed by atoms with Gasteiger partial charge in [-0.15, -0.1) is 11.3 Å². The number of halogens is 1. The van der Waals surface area contributed by atoms with Gasteiger partial charge in [0, 0.05) is 17.8 Å². The van der Waals surface area contributed by atoms with Crippen molar-refractivity contribution in [2.45, 2.75) is 33.1 Å². The highest BCUT2D eigenvalue weighted by Crippen LogP contribution is 2.24. The minimum Gasteiger partial charge on any atom is -0.316 e. The van der Waals surface area contributed by atoms with Crippen molar-refractivity contribution in [3.8, 4) is 0 Å². The molecule has 1 heterocycles. The fraction of sp³-hybridized carbons (Fsp3) is 0.471. The van der Waals surface area contributed by atoms with Gasteiger partial charge in [0.2, 0.25) is 0 Å². The van der Waals surface area contributed by atoms with E-state index in [1.165, 1.54) is 6.07 Å². The van der Waals surface area contributed by atoms with Crippen molar-refractivity contribution in [3.63, 3.8) is 0 Å². The predicted molar refractivity (Wildman–Crippen MR) is 87.4 cm³/mol. The Balaban J connectivity index is 2.12. The third-order valence-electron chi connectivity index (χ3n) is 3.41. The van der Waals surface area contributed by atoms with E-state index in [0.29, 0.717) is 5.92 Å². The van der Waals surface area contributed by atoms with Crippen LogP contribution in [0.2, 0.25) is 0 Å². The number of hydrogen-bond donors (Lipinski definition) is 1. The van der Waals surface area contributed by atoms with Crippen molar-refractivity contribution in [2.75, 3.05) is 13.1 Å². The Morgan fingerprint density at radius 2 is 2.00 bits per heavy atom. The van der Waals surface area contributed by atoms with Gasteiger partial charge in [-0.25, -0.2) is 9.37 Å². The number of aryl methyl sites for hydroxylation is 1. The van der Waals surface area contributed by atoms with Crippen molar-refractivity contribution in [1.29, 1.82) is 0 Å². The Morgan fingerprint density at radius 3 is 2.62 bits per heavy atom. The zero-order valence-corrected chi connectivity index (χ0v) is 13.7. The first-order valence-electron chi connectivity index (χ1n) is 7.42. The molecule has 1 aromatic heterocycles. The highest BCUT2D eigenvalue weighted by Gasteiger charge is 2.17. The molecule has 0 bridgehead atoms. The van der Waals surface area contributed by atoms with Crippen LogP contribution in [0.15, 0.2) is 29.6 Å². The van der Waals surface area contributed by atoms with Crippen LogP contribution in [-0.2, 0) is 6.42 Å². The summed E-state index contributed by atoms with van der Waals surface area (Å²) in [6.07, 6.45) is 0.774. The van der Waals surface area contributed by atoms with Gasteiger partial charge in [-0.2, -0.15) is 0 Å². The fourth-order valence-corrected chi connectivity index (χ4v) is 3.02. The monoisotopic (exact) mass is 306 g/mol. The van der Waals surface area contributed by atoms with Crippen LogP contribution in [0.5, 0.6) is 0 Å². The quantitative estimate of drug-likeness (QED) is 0.830. The van der Waals surface area contributed by atoms with Gasteiger partial charge in [-0.3, -0.25) is 0 Å². The number of nitrogens with zero attached hydrogens (tertiary/aromatic N) is 1. The third kappa shape index (κ3) is 4.90. The molecule has 0 amide bonds. The average molecular weight is 306 g/mol. The standard InChI is InChI=1S/C17H23FN2S/c1-12(2)9-19-10-14(8-15-11-21-13(3)20-15)16-6-4-5-7-17(16)18/h4-7,11-12,14,19H,8-10H2,1-3H3. The number of aromatic nitrogens is 1. The number of hydrogen-bond acceptors (Lipinski definition) is 3. The van der Waals surface area contributed by atoms with E-state index < -0.39 is 0 Å². The van der Waals surface area contributed by atoms with Crippen molar-refractivity contribution >= 4 is 11.3 Å². The molecule has 0 saturated carbocycles. The van der Waals surface area contributed by atoms with Gasteiger partial charge in [0.1, 0.15) is 5.82 Å². The van der Waals surface area contributed by atoms with Crippen molar-refractivity contribution in [2.24, 2.45) is 5.92 Å². The summed E-state index contributed by atoms with van der Waals surface area (Å²) in [5, 5.41) is 6.58. The second-order valence-corrected chi connectivity index (χ2v) is 6.89. The van der Waals surface area contributed by atoms with Crippen molar-refractivity contribution in [3.05, 3.63) is 51.7 Å². The van der Waals surface area contributed by atoms with Crippen molar-refractivity contribution < 1.29 is 4.39 Å². The summed E-state index contributed by atoms with van der Waals surface area (Å²) < 4.78 is 14.1. The summed E-state index contributed by atoms with van der Waals surface area (Å²) >= 11 is 1.65. The predicted octanol–water partition coefficient (Wildman–Crippen LogP) is 4.16. The number of thiazole rings is 1. The number of nitrogens with one attached hydrogen (secondary N) is 1. The minimum atomic E-state index is -0.124. The smallest absolute Gasteiger partial charge is 0.126 e. The first-order chi connectivity index (χ1) is 10.1. The Morgan fingerprint density at radius 1 is 1.24 bits per heavy atom. The van der Waals surface area contributed by atoms with Crippen LogP contribution < -0.4 is 5.32 Å². The first-order valence-corrected chi connectivity index (χ1v) is 8.30. The maximum atomic E-state index is 14.1. The lowest BCUT2D eigenvalue weighted by atomic mass is 9.93. The Kier molecular flexibility index (Phi) is 5.88. The third-order valence-corrected chi connectivity index (χ3v) is 4.23. The molecule has 0 aliphatic carbocycles. The van der Waals surface area contributed by atoms with E-state index in [9.17, 15) is 4.39 Å². The summed E-state index contributed by atoms with van der Waals surface area (Å²) in [6, 6.07) is 7.07. The second-order valence-electron chi connectivity index (χ2n) is 5.83. The molecule has 1 atom stereocenters. The molecule has 0 aliphatic heterocycles. The van der Waals surface area contributed by atoms with Crippen LogP contribution in [0, 0.1) is 18.7 Å². The molecule has 0 radical (unpaired) electrons. The lowest BCUT2D eigenvalue weighted by molar-refractivity contribution is 0.497. The Hall–Kier alpha value is -1.26. The van der Waals surface area contributed by atoms with Crippen LogP contribution in [0.25, 0.3) is 0 Å². The molecule has 2 nitrogen and oxygen atoms in total. The van der Waals surface area contributed by atoms with Gasteiger partial charge >= 0.3 is 0 Å². The Labute approximate surface area is 130 Å². The van der Waals surface area contributed by atoms with E-state index in [-0.39, 0.29) is 11.7 Å².